The minimum absolute atomic E-state index is 0.0966. The fourth-order valence-corrected chi connectivity index (χ4v) is 2.66. The molecule has 2 aromatic carbocycles. The summed E-state index contributed by atoms with van der Waals surface area (Å²) in [4.78, 5) is 12.4. The summed E-state index contributed by atoms with van der Waals surface area (Å²) < 4.78 is 34.0. The standard InChI is InChI=1S/C18H14F2N2O2S/c1-22-10-11(2-7-18(22)23)14-9-13(25-21)4-6-16(14)24-17-5-3-12(19)8-15(17)20/h2-10H,21H2,1H3. The van der Waals surface area contributed by atoms with E-state index in [0.29, 0.717) is 16.9 Å². The Bertz CT molecular complexity index is 989. The van der Waals surface area contributed by atoms with Gasteiger partial charge in [0.05, 0.1) is 0 Å². The molecule has 0 aliphatic heterocycles. The first kappa shape index (κ1) is 17.2. The third kappa shape index (κ3) is 3.72. The van der Waals surface area contributed by atoms with Crippen LogP contribution >= 0.6 is 11.9 Å². The predicted molar refractivity (Wildman–Crippen MR) is 93.6 cm³/mol. The fraction of sp³-hybridized carbons (Fsp3) is 0.0556. The lowest BCUT2D eigenvalue weighted by molar-refractivity contribution is 0.438. The van der Waals surface area contributed by atoms with Gasteiger partial charge in [-0.2, -0.15) is 0 Å². The lowest BCUT2D eigenvalue weighted by Crippen LogP contribution is -2.14. The van der Waals surface area contributed by atoms with E-state index in [1.165, 1.54) is 16.7 Å². The third-order valence-corrected chi connectivity index (χ3v) is 4.12. The quantitative estimate of drug-likeness (QED) is 0.712. The molecule has 0 saturated carbocycles. The number of aryl methyl sites for hydroxylation is 1. The molecular formula is C18H14F2N2O2S. The highest BCUT2D eigenvalue weighted by molar-refractivity contribution is 7.97. The molecule has 2 N–H and O–H groups in total. The second-order valence-electron chi connectivity index (χ2n) is 5.32. The summed E-state index contributed by atoms with van der Waals surface area (Å²) in [5.74, 6) is -1.22. The van der Waals surface area contributed by atoms with E-state index in [9.17, 15) is 13.6 Å². The summed E-state index contributed by atoms with van der Waals surface area (Å²) in [6.07, 6.45) is 1.65. The van der Waals surface area contributed by atoms with E-state index in [0.717, 1.165) is 29.0 Å². The van der Waals surface area contributed by atoms with E-state index in [-0.39, 0.29) is 11.3 Å². The van der Waals surface area contributed by atoms with Gasteiger partial charge in [0.15, 0.2) is 11.6 Å². The van der Waals surface area contributed by atoms with E-state index in [1.54, 1.807) is 37.5 Å². The Kier molecular flexibility index (Phi) is 4.87. The van der Waals surface area contributed by atoms with Crippen molar-refractivity contribution in [1.82, 2.24) is 4.57 Å². The average molecular weight is 360 g/mol. The van der Waals surface area contributed by atoms with Gasteiger partial charge in [0.25, 0.3) is 0 Å². The fourth-order valence-electron chi connectivity index (χ4n) is 2.33. The van der Waals surface area contributed by atoms with E-state index in [2.05, 4.69) is 0 Å². The van der Waals surface area contributed by atoms with Crippen LogP contribution in [-0.4, -0.2) is 4.57 Å². The normalized spacial score (nSPS) is 10.7. The largest absolute Gasteiger partial charge is 0.454 e. The molecule has 0 unspecified atom stereocenters. The highest BCUT2D eigenvalue weighted by atomic mass is 32.2. The van der Waals surface area contributed by atoms with Crippen LogP contribution in [0.15, 0.2) is 64.4 Å². The topological polar surface area (TPSA) is 57.2 Å². The molecule has 0 atom stereocenters. The Labute approximate surface area is 147 Å². The van der Waals surface area contributed by atoms with E-state index in [1.807, 2.05) is 0 Å². The summed E-state index contributed by atoms with van der Waals surface area (Å²) in [6, 6.07) is 11.3. The number of aromatic nitrogens is 1. The zero-order valence-electron chi connectivity index (χ0n) is 13.2. The number of benzene rings is 2. The van der Waals surface area contributed by atoms with Gasteiger partial charge in [-0.1, -0.05) is 0 Å². The molecule has 128 valence electrons. The molecule has 3 rings (SSSR count). The van der Waals surface area contributed by atoms with Crippen molar-refractivity contribution in [2.75, 3.05) is 0 Å². The van der Waals surface area contributed by atoms with Gasteiger partial charge in [-0.05, 0) is 48.3 Å². The summed E-state index contributed by atoms with van der Waals surface area (Å²) >= 11 is 1.06. The molecule has 0 aliphatic rings. The molecule has 1 aromatic heterocycles. The van der Waals surface area contributed by atoms with Gasteiger partial charge < -0.3 is 9.30 Å². The van der Waals surface area contributed by atoms with E-state index >= 15 is 0 Å². The van der Waals surface area contributed by atoms with Crippen molar-refractivity contribution in [3.63, 3.8) is 0 Å². The zero-order chi connectivity index (χ0) is 18.0. The number of hydrogen-bond acceptors (Lipinski definition) is 4. The smallest absolute Gasteiger partial charge is 0.250 e. The maximum Gasteiger partial charge on any atom is 0.250 e. The molecule has 1 heterocycles. The molecule has 3 aromatic rings. The molecule has 0 radical (unpaired) electrons. The van der Waals surface area contributed by atoms with Crippen molar-refractivity contribution in [3.05, 3.63) is 76.7 Å². The summed E-state index contributed by atoms with van der Waals surface area (Å²) in [6.45, 7) is 0. The Balaban J connectivity index is 2.09. The Morgan fingerprint density at radius 3 is 2.48 bits per heavy atom. The first-order chi connectivity index (χ1) is 12.0. The molecule has 0 fully saturated rings. The Morgan fingerprint density at radius 2 is 1.80 bits per heavy atom. The summed E-state index contributed by atoms with van der Waals surface area (Å²) in [7, 11) is 1.63. The summed E-state index contributed by atoms with van der Waals surface area (Å²) in [5, 5.41) is 5.61. The maximum atomic E-state index is 13.9. The number of halogens is 2. The van der Waals surface area contributed by atoms with Crippen molar-refractivity contribution in [2.45, 2.75) is 4.90 Å². The first-order valence-corrected chi connectivity index (χ1v) is 8.16. The second kappa shape index (κ2) is 7.08. The van der Waals surface area contributed by atoms with Gasteiger partial charge in [-0.15, -0.1) is 0 Å². The van der Waals surface area contributed by atoms with Crippen LogP contribution in [0.1, 0.15) is 0 Å². The van der Waals surface area contributed by atoms with Gasteiger partial charge in [0.1, 0.15) is 11.6 Å². The van der Waals surface area contributed by atoms with Crippen LogP contribution in [-0.2, 0) is 7.05 Å². The van der Waals surface area contributed by atoms with E-state index in [4.69, 9.17) is 9.88 Å². The molecule has 0 bridgehead atoms. The number of pyridine rings is 1. The molecule has 4 nitrogen and oxygen atoms in total. The summed E-state index contributed by atoms with van der Waals surface area (Å²) in [5.41, 5.74) is 1.19. The molecule has 0 aliphatic carbocycles. The van der Waals surface area contributed by atoms with Crippen LogP contribution < -0.4 is 15.4 Å². The van der Waals surface area contributed by atoms with Crippen LogP contribution in [0.2, 0.25) is 0 Å². The number of hydrogen-bond donors (Lipinski definition) is 1. The van der Waals surface area contributed by atoms with Crippen molar-refractivity contribution >= 4 is 11.9 Å². The van der Waals surface area contributed by atoms with Gasteiger partial charge in [0, 0.05) is 41.4 Å². The number of nitrogens with zero attached hydrogens (tertiary/aromatic N) is 1. The number of rotatable bonds is 4. The molecule has 25 heavy (non-hydrogen) atoms. The number of ether oxygens (including phenoxy) is 1. The average Bonchev–Trinajstić information content (AvgIpc) is 2.60. The van der Waals surface area contributed by atoms with Crippen molar-refractivity contribution in [3.8, 4) is 22.6 Å². The molecule has 0 spiro atoms. The third-order valence-electron chi connectivity index (χ3n) is 3.60. The Morgan fingerprint density at radius 1 is 1.04 bits per heavy atom. The van der Waals surface area contributed by atoms with Gasteiger partial charge in [-0.25, -0.2) is 8.78 Å². The van der Waals surface area contributed by atoms with Crippen LogP contribution in [0.3, 0.4) is 0 Å². The van der Waals surface area contributed by atoms with Crippen LogP contribution in [0.4, 0.5) is 8.78 Å². The maximum absolute atomic E-state index is 13.9. The van der Waals surface area contributed by atoms with Gasteiger partial charge in [-0.3, -0.25) is 9.93 Å². The predicted octanol–water partition coefficient (Wildman–Crippen LogP) is 4.09. The molecule has 7 heteroatoms. The molecule has 0 amide bonds. The van der Waals surface area contributed by atoms with Gasteiger partial charge in [0.2, 0.25) is 5.56 Å². The van der Waals surface area contributed by atoms with Crippen molar-refractivity contribution in [1.29, 1.82) is 0 Å². The lowest BCUT2D eigenvalue weighted by atomic mass is 10.1. The lowest BCUT2D eigenvalue weighted by Gasteiger charge is -2.14. The Hall–Kier alpha value is -2.64. The van der Waals surface area contributed by atoms with Crippen LogP contribution in [0.5, 0.6) is 11.5 Å². The van der Waals surface area contributed by atoms with Crippen molar-refractivity contribution in [2.24, 2.45) is 12.2 Å². The van der Waals surface area contributed by atoms with Crippen LogP contribution in [0, 0.1) is 11.6 Å². The minimum atomic E-state index is -0.802. The molecule has 0 saturated heterocycles. The van der Waals surface area contributed by atoms with Gasteiger partial charge >= 0.3 is 0 Å². The highest BCUT2D eigenvalue weighted by Gasteiger charge is 2.13. The van der Waals surface area contributed by atoms with Crippen LogP contribution in [0.25, 0.3) is 11.1 Å². The highest BCUT2D eigenvalue weighted by Crippen LogP contribution is 2.36. The monoisotopic (exact) mass is 360 g/mol. The number of nitrogens with two attached hydrogens (primary N) is 1. The van der Waals surface area contributed by atoms with Crippen molar-refractivity contribution < 1.29 is 13.5 Å². The minimum Gasteiger partial charge on any atom is -0.454 e. The second-order valence-corrected chi connectivity index (χ2v) is 6.03. The SMILES string of the molecule is Cn1cc(-c2cc(SN)ccc2Oc2ccc(F)cc2F)ccc1=O. The zero-order valence-corrected chi connectivity index (χ0v) is 14.0. The van der Waals surface area contributed by atoms with E-state index < -0.39 is 11.6 Å². The molecular weight excluding hydrogens is 346 g/mol. The first-order valence-electron chi connectivity index (χ1n) is 7.28.